The van der Waals surface area contributed by atoms with Gasteiger partial charge >= 0.3 is 5.69 Å². The molecule has 102 valence electrons. The number of hydrogen-bond donors (Lipinski definition) is 0. The third kappa shape index (κ3) is 2.80. The van der Waals surface area contributed by atoms with Crippen molar-refractivity contribution < 1.29 is 9.66 Å². The molecule has 1 aromatic carbocycles. The molecule has 5 heteroatoms. The molecule has 1 saturated carbocycles. The molecule has 1 aliphatic carbocycles. The molecule has 0 atom stereocenters. The Morgan fingerprint density at radius 1 is 1.21 bits per heavy atom. The predicted octanol–water partition coefficient (Wildman–Crippen LogP) is 3.13. The van der Waals surface area contributed by atoms with Crippen LogP contribution in [0.1, 0.15) is 32.1 Å². The van der Waals surface area contributed by atoms with Crippen LogP contribution in [-0.2, 0) is 0 Å². The maximum atomic E-state index is 11.2. The van der Waals surface area contributed by atoms with E-state index < -0.39 is 0 Å². The number of nitro groups is 1. The molecule has 0 amide bonds. The van der Waals surface area contributed by atoms with Crippen molar-refractivity contribution in [2.24, 2.45) is 0 Å². The minimum absolute atomic E-state index is 0.0926. The molecule has 0 spiro atoms. The highest BCUT2D eigenvalue weighted by atomic mass is 16.6. The second kappa shape index (κ2) is 5.07. The first-order chi connectivity index (χ1) is 9.24. The van der Waals surface area contributed by atoms with Crippen LogP contribution in [0, 0.1) is 10.1 Å². The van der Waals surface area contributed by atoms with E-state index in [4.69, 9.17) is 4.74 Å². The van der Waals surface area contributed by atoms with Gasteiger partial charge in [-0.3, -0.25) is 10.1 Å². The number of ether oxygens (including phenoxy) is 1. The Morgan fingerprint density at radius 2 is 1.95 bits per heavy atom. The molecule has 2 aliphatic rings. The standard InChI is InChI=1S/C14H18N2O3/c17-16(18)13-10-11(15-8-2-1-3-9-15)4-7-14(13)19-12-5-6-12/h4,7,10,12H,1-3,5-6,8-9H2. The average molecular weight is 262 g/mol. The number of rotatable bonds is 4. The quantitative estimate of drug-likeness (QED) is 0.618. The number of benzene rings is 1. The summed E-state index contributed by atoms with van der Waals surface area (Å²) in [5.74, 6) is 0.410. The van der Waals surface area contributed by atoms with Gasteiger partial charge in [-0.2, -0.15) is 0 Å². The third-order valence-electron chi connectivity index (χ3n) is 3.68. The van der Waals surface area contributed by atoms with Crippen LogP contribution in [0.3, 0.4) is 0 Å². The summed E-state index contributed by atoms with van der Waals surface area (Å²) in [7, 11) is 0. The summed E-state index contributed by atoms with van der Waals surface area (Å²) >= 11 is 0. The molecule has 1 aromatic rings. The summed E-state index contributed by atoms with van der Waals surface area (Å²) in [4.78, 5) is 13.0. The molecular formula is C14H18N2O3. The Kier molecular flexibility index (Phi) is 3.27. The van der Waals surface area contributed by atoms with Gasteiger partial charge in [-0.05, 0) is 44.2 Å². The average Bonchev–Trinajstić information content (AvgIpc) is 3.24. The van der Waals surface area contributed by atoms with E-state index in [9.17, 15) is 10.1 Å². The van der Waals surface area contributed by atoms with Gasteiger partial charge in [0.25, 0.3) is 0 Å². The first-order valence-corrected chi connectivity index (χ1v) is 6.94. The van der Waals surface area contributed by atoms with Crippen LogP contribution in [0.15, 0.2) is 18.2 Å². The SMILES string of the molecule is O=[N+]([O-])c1cc(N2CCCCC2)ccc1OC1CC1. The van der Waals surface area contributed by atoms with Gasteiger partial charge in [0, 0.05) is 24.8 Å². The Bertz CT molecular complexity index is 480. The molecule has 5 nitrogen and oxygen atoms in total. The van der Waals surface area contributed by atoms with Crippen LogP contribution >= 0.6 is 0 Å². The van der Waals surface area contributed by atoms with Crippen molar-refractivity contribution in [1.82, 2.24) is 0 Å². The largest absolute Gasteiger partial charge is 0.483 e. The van der Waals surface area contributed by atoms with Crippen LogP contribution in [0.25, 0.3) is 0 Å². The normalized spacial score (nSPS) is 19.3. The molecule has 0 unspecified atom stereocenters. The minimum atomic E-state index is -0.342. The fraction of sp³-hybridized carbons (Fsp3) is 0.571. The highest BCUT2D eigenvalue weighted by Gasteiger charge is 2.28. The fourth-order valence-electron chi connectivity index (χ4n) is 2.46. The van der Waals surface area contributed by atoms with Crippen molar-refractivity contribution in [2.45, 2.75) is 38.2 Å². The van der Waals surface area contributed by atoms with Crippen LogP contribution < -0.4 is 9.64 Å². The Labute approximate surface area is 112 Å². The summed E-state index contributed by atoms with van der Waals surface area (Å²) in [6.07, 6.45) is 5.76. The maximum absolute atomic E-state index is 11.2. The van der Waals surface area contributed by atoms with Crippen LogP contribution in [0.2, 0.25) is 0 Å². The van der Waals surface area contributed by atoms with Gasteiger partial charge in [0.05, 0.1) is 11.0 Å². The maximum Gasteiger partial charge on any atom is 0.312 e. The molecule has 2 fully saturated rings. The van der Waals surface area contributed by atoms with E-state index in [1.807, 2.05) is 6.07 Å². The molecule has 3 rings (SSSR count). The third-order valence-corrected chi connectivity index (χ3v) is 3.68. The van der Waals surface area contributed by atoms with E-state index >= 15 is 0 Å². The molecule has 1 saturated heterocycles. The van der Waals surface area contributed by atoms with Crippen molar-refractivity contribution >= 4 is 11.4 Å². The summed E-state index contributed by atoms with van der Waals surface area (Å²) in [6.45, 7) is 1.97. The van der Waals surface area contributed by atoms with Gasteiger partial charge in [0.2, 0.25) is 0 Å². The lowest BCUT2D eigenvalue weighted by atomic mass is 10.1. The number of nitro benzene ring substituents is 1. The zero-order chi connectivity index (χ0) is 13.2. The van der Waals surface area contributed by atoms with Gasteiger partial charge in [-0.15, -0.1) is 0 Å². The van der Waals surface area contributed by atoms with E-state index in [1.165, 1.54) is 6.42 Å². The van der Waals surface area contributed by atoms with Gasteiger partial charge in [0.15, 0.2) is 5.75 Å². The summed E-state index contributed by atoms with van der Waals surface area (Å²) in [5.41, 5.74) is 1.03. The number of piperidine rings is 1. The van der Waals surface area contributed by atoms with Gasteiger partial charge in [-0.1, -0.05) is 0 Å². The van der Waals surface area contributed by atoms with Gasteiger partial charge in [-0.25, -0.2) is 0 Å². The molecule has 0 bridgehead atoms. The predicted molar refractivity (Wildman–Crippen MR) is 72.8 cm³/mol. The van der Waals surface area contributed by atoms with E-state index in [-0.39, 0.29) is 16.7 Å². The highest BCUT2D eigenvalue weighted by molar-refractivity contribution is 5.60. The van der Waals surface area contributed by atoms with Crippen molar-refractivity contribution in [1.29, 1.82) is 0 Å². The number of anilines is 1. The Hall–Kier alpha value is -1.78. The lowest BCUT2D eigenvalue weighted by molar-refractivity contribution is -0.385. The molecule has 0 radical (unpaired) electrons. The zero-order valence-corrected chi connectivity index (χ0v) is 10.9. The zero-order valence-electron chi connectivity index (χ0n) is 10.9. The smallest absolute Gasteiger partial charge is 0.312 e. The van der Waals surface area contributed by atoms with E-state index in [1.54, 1.807) is 12.1 Å². The lowest BCUT2D eigenvalue weighted by Crippen LogP contribution is -2.29. The van der Waals surface area contributed by atoms with Crippen molar-refractivity contribution in [3.63, 3.8) is 0 Å². The number of nitrogens with zero attached hydrogens (tertiary/aromatic N) is 2. The molecule has 19 heavy (non-hydrogen) atoms. The summed E-state index contributed by atoms with van der Waals surface area (Å²) in [6, 6.07) is 5.35. The molecule has 0 aromatic heterocycles. The first kappa shape index (κ1) is 12.3. The summed E-state index contributed by atoms with van der Waals surface area (Å²) in [5, 5.41) is 11.2. The van der Waals surface area contributed by atoms with E-state index in [2.05, 4.69) is 4.90 Å². The molecule has 1 heterocycles. The van der Waals surface area contributed by atoms with Crippen molar-refractivity contribution in [2.75, 3.05) is 18.0 Å². The highest BCUT2D eigenvalue weighted by Crippen LogP contribution is 2.36. The van der Waals surface area contributed by atoms with Crippen molar-refractivity contribution in [3.8, 4) is 5.75 Å². The van der Waals surface area contributed by atoms with Crippen LogP contribution in [0.4, 0.5) is 11.4 Å². The summed E-state index contributed by atoms with van der Waals surface area (Å²) < 4.78 is 5.60. The number of hydrogen-bond acceptors (Lipinski definition) is 4. The van der Waals surface area contributed by atoms with E-state index in [0.29, 0.717) is 5.75 Å². The van der Waals surface area contributed by atoms with Crippen LogP contribution in [-0.4, -0.2) is 24.1 Å². The monoisotopic (exact) mass is 262 g/mol. The topological polar surface area (TPSA) is 55.6 Å². The van der Waals surface area contributed by atoms with E-state index in [0.717, 1.165) is 44.5 Å². The second-order valence-electron chi connectivity index (χ2n) is 5.27. The minimum Gasteiger partial charge on any atom is -0.483 e. The van der Waals surface area contributed by atoms with Crippen LogP contribution in [0.5, 0.6) is 5.75 Å². The fourth-order valence-corrected chi connectivity index (χ4v) is 2.46. The lowest BCUT2D eigenvalue weighted by Gasteiger charge is -2.28. The first-order valence-electron chi connectivity index (χ1n) is 6.94. The molecule has 0 N–H and O–H groups in total. The second-order valence-corrected chi connectivity index (χ2v) is 5.27. The molecular weight excluding hydrogens is 244 g/mol. The Balaban J connectivity index is 1.85. The van der Waals surface area contributed by atoms with Crippen molar-refractivity contribution in [3.05, 3.63) is 28.3 Å². The van der Waals surface area contributed by atoms with Gasteiger partial charge in [0.1, 0.15) is 0 Å². The van der Waals surface area contributed by atoms with Gasteiger partial charge < -0.3 is 9.64 Å². The molecule has 1 aliphatic heterocycles. The Morgan fingerprint density at radius 3 is 2.58 bits per heavy atom.